The van der Waals surface area contributed by atoms with Crippen LogP contribution in [0.2, 0.25) is 0 Å². The third-order valence-corrected chi connectivity index (χ3v) is 9.78. The van der Waals surface area contributed by atoms with E-state index < -0.39 is 40.8 Å². The second-order valence-electron chi connectivity index (χ2n) is 13.4. The van der Waals surface area contributed by atoms with Crippen molar-refractivity contribution in [2.45, 2.75) is 24.1 Å². The molecule has 7 aromatic carbocycles. The third-order valence-electron chi connectivity index (χ3n) is 9.78. The summed E-state index contributed by atoms with van der Waals surface area (Å²) in [5, 5.41) is 0. The molecule has 0 heterocycles. The lowest BCUT2D eigenvalue weighted by molar-refractivity contribution is -0.138. The van der Waals surface area contributed by atoms with Gasteiger partial charge in [-0.3, -0.25) is 4.85 Å². The molecule has 0 aliphatic heterocycles. The van der Waals surface area contributed by atoms with Gasteiger partial charge in [-0.15, -0.1) is 0 Å². The lowest BCUT2D eigenvalue weighted by Gasteiger charge is -2.29. The van der Waals surface area contributed by atoms with E-state index >= 15 is 0 Å². The Morgan fingerprint density at radius 2 is 0.593 bits per heavy atom. The van der Waals surface area contributed by atoms with E-state index in [0.29, 0.717) is 33.9 Å². The van der Waals surface area contributed by atoms with Crippen LogP contribution in [0.3, 0.4) is 0 Å². The molecule has 0 bridgehead atoms. The topological polar surface area (TPSA) is 10.8 Å². The van der Waals surface area contributed by atoms with Crippen LogP contribution in [0.25, 0.3) is 4.85 Å². The van der Waals surface area contributed by atoms with Crippen LogP contribution in [0, 0.1) is 6.57 Å². The first-order valence-electron chi connectivity index (χ1n) is 17.9. The number of hydrogen-bond acceptors (Lipinski definition) is 2. The largest absolute Gasteiger partial charge is 0.416 e. The SMILES string of the molecule is [C-]#[N+]C(c1ccc(N(c2ccccc2)c2cccc(C(F)(F)F)c2)cc1)(c1ccc(N(c2ccccc2)c2cccc(C(F)(F)F)c2)cc1)c1ccc(C(F)(F)F)cc1. The lowest BCUT2D eigenvalue weighted by atomic mass is 9.77. The average Bonchev–Trinajstić information content (AvgIpc) is 3.23. The Morgan fingerprint density at radius 3 is 0.915 bits per heavy atom. The van der Waals surface area contributed by atoms with Crippen LogP contribution in [0.15, 0.2) is 182 Å². The maximum atomic E-state index is 13.8. The Hall–Kier alpha value is -7.00. The van der Waals surface area contributed by atoms with Crippen molar-refractivity contribution in [3.8, 4) is 0 Å². The van der Waals surface area contributed by atoms with E-state index in [0.717, 1.165) is 36.4 Å². The molecular formula is C47H30F9N3. The lowest BCUT2D eigenvalue weighted by Crippen LogP contribution is -2.26. The molecule has 0 aromatic heterocycles. The van der Waals surface area contributed by atoms with Crippen molar-refractivity contribution in [1.82, 2.24) is 0 Å². The highest BCUT2D eigenvalue weighted by Gasteiger charge is 2.44. The molecule has 0 saturated carbocycles. The van der Waals surface area contributed by atoms with Gasteiger partial charge in [0.05, 0.1) is 16.7 Å². The Morgan fingerprint density at radius 1 is 0.305 bits per heavy atom. The van der Waals surface area contributed by atoms with Gasteiger partial charge in [-0.25, -0.2) is 6.57 Å². The van der Waals surface area contributed by atoms with Gasteiger partial charge in [0.25, 0.3) is 0 Å². The minimum atomic E-state index is -4.66. The maximum absolute atomic E-state index is 13.8. The number of halogens is 9. The maximum Gasteiger partial charge on any atom is 0.416 e. The van der Waals surface area contributed by atoms with E-state index in [1.807, 2.05) is 0 Å². The molecule has 7 aromatic rings. The molecule has 0 N–H and O–H groups in total. The van der Waals surface area contributed by atoms with Gasteiger partial charge in [0.2, 0.25) is 0 Å². The van der Waals surface area contributed by atoms with Gasteiger partial charge in [-0.05, 0) is 133 Å². The van der Waals surface area contributed by atoms with E-state index in [-0.39, 0.29) is 16.9 Å². The van der Waals surface area contributed by atoms with Crippen molar-refractivity contribution >= 4 is 34.1 Å². The average molecular weight is 808 g/mol. The smallest absolute Gasteiger partial charge is 0.310 e. The molecule has 59 heavy (non-hydrogen) atoms. The number of alkyl halides is 9. The minimum absolute atomic E-state index is 0.191. The van der Waals surface area contributed by atoms with Gasteiger partial charge in [0, 0.05) is 50.8 Å². The number of hydrogen-bond donors (Lipinski definition) is 0. The number of nitrogens with zero attached hydrogens (tertiary/aromatic N) is 3. The highest BCUT2D eigenvalue weighted by Crippen LogP contribution is 2.46. The molecular weight excluding hydrogens is 778 g/mol. The summed E-state index contributed by atoms with van der Waals surface area (Å²) in [6.45, 7) is 8.64. The summed E-state index contributed by atoms with van der Waals surface area (Å²) in [6.07, 6.45) is -13.9. The fourth-order valence-electron chi connectivity index (χ4n) is 6.99. The zero-order valence-corrected chi connectivity index (χ0v) is 30.6. The molecule has 0 aliphatic carbocycles. The van der Waals surface area contributed by atoms with Gasteiger partial charge in [-0.2, -0.15) is 39.5 Å². The summed E-state index contributed by atoms with van der Waals surface area (Å²) in [6, 6.07) is 44.0. The standard InChI is InChI=1S/C47H30F9N3/c1-57-44(32-18-20-35(21-19-32)45(48,49)50,33-22-26-40(27-23-33)58(38-12-4-2-5-13-38)42-16-8-10-36(30-42)46(51,52)53)34-24-28-41(29-25-34)59(39-14-6-3-7-15-39)43-17-9-11-37(31-43)47(54,55)56/h2-31H. The van der Waals surface area contributed by atoms with Crippen LogP contribution in [0.1, 0.15) is 33.4 Å². The van der Waals surface area contributed by atoms with E-state index in [1.54, 1.807) is 119 Å². The zero-order chi connectivity index (χ0) is 42.0. The van der Waals surface area contributed by atoms with Gasteiger partial charge < -0.3 is 9.80 Å². The van der Waals surface area contributed by atoms with E-state index in [4.69, 9.17) is 6.57 Å². The summed E-state index contributed by atoms with van der Waals surface area (Å²) < 4.78 is 124. The molecule has 0 amide bonds. The summed E-state index contributed by atoms with van der Waals surface area (Å²) >= 11 is 0. The molecule has 0 spiro atoms. The van der Waals surface area contributed by atoms with Crippen molar-refractivity contribution < 1.29 is 39.5 Å². The minimum Gasteiger partial charge on any atom is -0.310 e. The normalized spacial score (nSPS) is 12.1. The fourth-order valence-corrected chi connectivity index (χ4v) is 6.99. The molecule has 296 valence electrons. The van der Waals surface area contributed by atoms with Gasteiger partial charge in [-0.1, -0.05) is 48.5 Å². The van der Waals surface area contributed by atoms with Crippen LogP contribution in [-0.2, 0) is 24.1 Å². The van der Waals surface area contributed by atoms with Crippen molar-refractivity contribution in [3.63, 3.8) is 0 Å². The number of rotatable bonds is 9. The highest BCUT2D eigenvalue weighted by molar-refractivity contribution is 5.79. The van der Waals surface area contributed by atoms with Crippen molar-refractivity contribution in [3.05, 3.63) is 227 Å². The van der Waals surface area contributed by atoms with E-state index in [2.05, 4.69) is 4.85 Å². The van der Waals surface area contributed by atoms with Crippen molar-refractivity contribution in [2.24, 2.45) is 0 Å². The molecule has 7 rings (SSSR count). The molecule has 0 saturated heterocycles. The summed E-state index contributed by atoms with van der Waals surface area (Å²) in [5.74, 6) is 0. The van der Waals surface area contributed by atoms with Crippen LogP contribution in [-0.4, -0.2) is 0 Å². The second kappa shape index (κ2) is 15.7. The Balaban J connectivity index is 1.37. The van der Waals surface area contributed by atoms with E-state index in [1.165, 1.54) is 36.4 Å². The van der Waals surface area contributed by atoms with Gasteiger partial charge >= 0.3 is 24.1 Å². The third kappa shape index (κ3) is 8.23. The van der Waals surface area contributed by atoms with Gasteiger partial charge in [0.15, 0.2) is 0 Å². The number of para-hydroxylation sites is 2. The van der Waals surface area contributed by atoms with Crippen molar-refractivity contribution in [2.75, 3.05) is 9.80 Å². The zero-order valence-electron chi connectivity index (χ0n) is 30.6. The summed E-state index contributed by atoms with van der Waals surface area (Å²) in [7, 11) is 0. The fraction of sp³-hybridized carbons (Fsp3) is 0.0851. The first-order valence-corrected chi connectivity index (χ1v) is 17.9. The first kappa shape index (κ1) is 40.2. The molecule has 12 heteroatoms. The number of anilines is 6. The Kier molecular flexibility index (Phi) is 10.7. The monoisotopic (exact) mass is 807 g/mol. The Bertz CT molecular complexity index is 2420. The first-order chi connectivity index (χ1) is 28.1. The van der Waals surface area contributed by atoms with E-state index in [9.17, 15) is 39.5 Å². The quantitative estimate of drug-likeness (QED) is 0.0817. The van der Waals surface area contributed by atoms with Crippen LogP contribution in [0.4, 0.5) is 73.6 Å². The second-order valence-corrected chi connectivity index (χ2v) is 13.4. The highest BCUT2D eigenvalue weighted by atomic mass is 19.4. The molecule has 3 nitrogen and oxygen atoms in total. The molecule has 0 fully saturated rings. The summed E-state index contributed by atoms with van der Waals surface area (Å²) in [4.78, 5) is 7.29. The molecule has 0 radical (unpaired) electrons. The summed E-state index contributed by atoms with van der Waals surface area (Å²) in [5.41, 5.74) is -1.19. The van der Waals surface area contributed by atoms with Crippen LogP contribution in [0.5, 0.6) is 0 Å². The predicted octanol–water partition coefficient (Wildman–Crippen LogP) is 14.9. The van der Waals surface area contributed by atoms with Crippen molar-refractivity contribution in [1.29, 1.82) is 0 Å². The molecule has 0 aliphatic rings. The van der Waals surface area contributed by atoms with Gasteiger partial charge in [0.1, 0.15) is 0 Å². The molecule has 0 unspecified atom stereocenters. The van der Waals surface area contributed by atoms with Crippen LogP contribution >= 0.6 is 0 Å². The number of benzene rings is 7. The van der Waals surface area contributed by atoms with Crippen LogP contribution < -0.4 is 9.80 Å². The Labute approximate surface area is 333 Å². The molecule has 0 atom stereocenters. The predicted molar refractivity (Wildman–Crippen MR) is 210 cm³/mol.